The summed E-state index contributed by atoms with van der Waals surface area (Å²) in [5, 5.41) is 0. The second-order valence-corrected chi connectivity index (χ2v) is 8.29. The van der Waals surface area contributed by atoms with E-state index in [4.69, 9.17) is 4.74 Å². The highest BCUT2D eigenvalue weighted by molar-refractivity contribution is 5.77. The van der Waals surface area contributed by atoms with Gasteiger partial charge in [-0.1, -0.05) is 31.4 Å². The zero-order chi connectivity index (χ0) is 21.1. The molecule has 1 aliphatic carbocycles. The quantitative estimate of drug-likeness (QED) is 0.580. The van der Waals surface area contributed by atoms with Crippen LogP contribution in [0.3, 0.4) is 0 Å². The first-order chi connectivity index (χ1) is 14.4. The highest BCUT2D eigenvalue weighted by Gasteiger charge is 2.30. The molecular formula is C24H26F3NO2. The first kappa shape index (κ1) is 20.8. The van der Waals surface area contributed by atoms with Crippen LogP contribution in [0.25, 0.3) is 0 Å². The Balaban J connectivity index is 1.43. The summed E-state index contributed by atoms with van der Waals surface area (Å²) >= 11 is 0. The normalized spacial score (nSPS) is 17.5. The average molecular weight is 417 g/mol. The largest absolute Gasteiger partial charge is 0.457 e. The topological polar surface area (TPSA) is 29.5 Å². The summed E-state index contributed by atoms with van der Waals surface area (Å²) in [6.45, 7) is 1.21. The van der Waals surface area contributed by atoms with E-state index in [9.17, 15) is 18.0 Å². The maximum Gasteiger partial charge on any atom is 0.416 e. The molecule has 1 amide bonds. The molecule has 3 nitrogen and oxygen atoms in total. The fourth-order valence-corrected chi connectivity index (χ4v) is 4.49. The molecule has 30 heavy (non-hydrogen) atoms. The van der Waals surface area contributed by atoms with Crippen LogP contribution in [-0.4, -0.2) is 17.4 Å². The molecule has 6 heteroatoms. The van der Waals surface area contributed by atoms with Crippen molar-refractivity contribution in [1.82, 2.24) is 4.90 Å². The maximum atomic E-state index is 12.8. The molecule has 0 radical (unpaired) electrons. The van der Waals surface area contributed by atoms with Crippen LogP contribution < -0.4 is 4.74 Å². The molecule has 2 aromatic rings. The Kier molecular flexibility index (Phi) is 6.02. The van der Waals surface area contributed by atoms with Crippen molar-refractivity contribution in [2.75, 3.05) is 6.54 Å². The van der Waals surface area contributed by atoms with E-state index in [1.54, 1.807) is 0 Å². The molecule has 4 rings (SSSR count). The Morgan fingerprint density at radius 1 is 1.03 bits per heavy atom. The predicted molar refractivity (Wildman–Crippen MR) is 108 cm³/mol. The Morgan fingerprint density at radius 3 is 2.47 bits per heavy atom. The molecule has 0 spiro atoms. The smallest absolute Gasteiger partial charge is 0.416 e. The van der Waals surface area contributed by atoms with Crippen LogP contribution in [0.5, 0.6) is 11.5 Å². The van der Waals surface area contributed by atoms with E-state index in [-0.39, 0.29) is 5.91 Å². The number of fused-ring (bicyclic) bond motifs is 1. The van der Waals surface area contributed by atoms with E-state index in [0.717, 1.165) is 36.1 Å². The van der Waals surface area contributed by atoms with E-state index in [0.29, 0.717) is 43.3 Å². The van der Waals surface area contributed by atoms with Gasteiger partial charge in [0.1, 0.15) is 11.5 Å². The molecule has 1 aliphatic heterocycles. The van der Waals surface area contributed by atoms with Crippen LogP contribution in [0.4, 0.5) is 13.2 Å². The fourth-order valence-electron chi connectivity index (χ4n) is 4.49. The molecule has 1 heterocycles. The number of benzene rings is 2. The minimum Gasteiger partial charge on any atom is -0.457 e. The number of alkyl halides is 3. The Labute approximate surface area is 174 Å². The van der Waals surface area contributed by atoms with Gasteiger partial charge in [0.2, 0.25) is 5.91 Å². The average Bonchev–Trinajstić information content (AvgIpc) is 2.74. The van der Waals surface area contributed by atoms with Gasteiger partial charge in [0.15, 0.2) is 0 Å². The lowest BCUT2D eigenvalue weighted by molar-refractivity contribution is -0.137. The number of carbonyl (C=O) groups excluding carboxylic acids is 1. The number of halogens is 3. The minimum atomic E-state index is -4.36. The summed E-state index contributed by atoms with van der Waals surface area (Å²) in [4.78, 5) is 14.7. The number of hydrogen-bond acceptors (Lipinski definition) is 2. The number of carbonyl (C=O) groups is 1. The van der Waals surface area contributed by atoms with Crippen LogP contribution in [-0.2, 0) is 23.9 Å². The minimum absolute atomic E-state index is 0.224. The van der Waals surface area contributed by atoms with Crippen molar-refractivity contribution < 1.29 is 22.7 Å². The summed E-state index contributed by atoms with van der Waals surface area (Å²) < 4.78 is 44.1. The summed E-state index contributed by atoms with van der Waals surface area (Å²) in [5.41, 5.74) is 1.37. The van der Waals surface area contributed by atoms with E-state index >= 15 is 0 Å². The fraction of sp³-hybridized carbons (Fsp3) is 0.458. The van der Waals surface area contributed by atoms with Crippen molar-refractivity contribution in [1.29, 1.82) is 0 Å². The third-order valence-corrected chi connectivity index (χ3v) is 6.17. The lowest BCUT2D eigenvalue weighted by atomic mass is 9.86. The second kappa shape index (κ2) is 8.70. The number of nitrogens with zero attached hydrogens (tertiary/aromatic N) is 1. The number of ether oxygens (including phenoxy) is 1. The van der Waals surface area contributed by atoms with Gasteiger partial charge in [-0.15, -0.1) is 0 Å². The molecule has 0 atom stereocenters. The van der Waals surface area contributed by atoms with Crippen molar-refractivity contribution in [3.05, 3.63) is 59.2 Å². The lowest BCUT2D eigenvalue weighted by Crippen LogP contribution is -2.37. The van der Waals surface area contributed by atoms with Crippen LogP contribution in [0.15, 0.2) is 42.5 Å². The van der Waals surface area contributed by atoms with Gasteiger partial charge in [0.05, 0.1) is 5.56 Å². The van der Waals surface area contributed by atoms with Crippen LogP contribution in [0.2, 0.25) is 0 Å². The van der Waals surface area contributed by atoms with Crippen LogP contribution in [0.1, 0.15) is 55.2 Å². The van der Waals surface area contributed by atoms with Crippen molar-refractivity contribution in [2.24, 2.45) is 5.92 Å². The van der Waals surface area contributed by atoms with Crippen molar-refractivity contribution >= 4 is 5.91 Å². The molecule has 0 saturated heterocycles. The number of rotatable bonds is 4. The third kappa shape index (κ3) is 4.79. The third-order valence-electron chi connectivity index (χ3n) is 6.17. The van der Waals surface area contributed by atoms with Gasteiger partial charge in [0, 0.05) is 25.1 Å². The molecule has 0 N–H and O–H groups in total. The van der Waals surface area contributed by atoms with Gasteiger partial charge in [0.25, 0.3) is 0 Å². The van der Waals surface area contributed by atoms with Crippen molar-refractivity contribution in [2.45, 2.75) is 57.7 Å². The highest BCUT2D eigenvalue weighted by atomic mass is 19.4. The van der Waals surface area contributed by atoms with Crippen LogP contribution in [0, 0.1) is 5.92 Å². The summed E-state index contributed by atoms with van der Waals surface area (Å²) in [6, 6.07) is 10.4. The van der Waals surface area contributed by atoms with E-state index in [2.05, 4.69) is 0 Å². The Morgan fingerprint density at radius 2 is 1.77 bits per heavy atom. The molecule has 160 valence electrons. The first-order valence-corrected chi connectivity index (χ1v) is 10.6. The van der Waals surface area contributed by atoms with E-state index < -0.39 is 11.7 Å². The first-order valence-electron chi connectivity index (χ1n) is 10.6. The molecule has 0 unspecified atom stereocenters. The summed E-state index contributed by atoms with van der Waals surface area (Å²) in [6.07, 6.45) is 3.00. The molecule has 1 fully saturated rings. The van der Waals surface area contributed by atoms with Crippen LogP contribution >= 0.6 is 0 Å². The second-order valence-electron chi connectivity index (χ2n) is 8.29. The predicted octanol–water partition coefficient (Wildman–Crippen LogP) is 6.35. The molecule has 0 aromatic heterocycles. The summed E-state index contributed by atoms with van der Waals surface area (Å²) in [7, 11) is 0. The monoisotopic (exact) mass is 417 g/mol. The summed E-state index contributed by atoms with van der Waals surface area (Å²) in [5.74, 6) is 1.75. The van der Waals surface area contributed by atoms with Crippen molar-refractivity contribution in [3.8, 4) is 11.5 Å². The Hall–Kier alpha value is -2.50. The molecule has 2 aromatic carbocycles. The molecule has 2 aliphatic rings. The molecular weight excluding hydrogens is 391 g/mol. The zero-order valence-corrected chi connectivity index (χ0v) is 16.9. The van der Waals surface area contributed by atoms with Crippen molar-refractivity contribution in [3.63, 3.8) is 0 Å². The van der Waals surface area contributed by atoms with Gasteiger partial charge >= 0.3 is 6.18 Å². The van der Waals surface area contributed by atoms with Gasteiger partial charge < -0.3 is 9.64 Å². The van der Waals surface area contributed by atoms with E-state index in [1.165, 1.54) is 31.4 Å². The van der Waals surface area contributed by atoms with Gasteiger partial charge in [-0.2, -0.15) is 13.2 Å². The maximum absolute atomic E-state index is 12.8. The SMILES string of the molecule is O=C(CC1CCCCC1)N1CCc2c(cccc2Oc2ccc(C(F)(F)F)cc2)C1. The Bertz CT molecular complexity index is 886. The van der Waals surface area contributed by atoms with E-state index in [1.807, 2.05) is 23.1 Å². The van der Waals surface area contributed by atoms with Gasteiger partial charge in [-0.25, -0.2) is 0 Å². The highest BCUT2D eigenvalue weighted by Crippen LogP contribution is 2.35. The standard InChI is InChI=1S/C24H26F3NO2/c25-24(26,27)19-9-11-20(12-10-19)30-22-8-4-7-18-16-28(14-13-21(18)22)23(29)15-17-5-2-1-3-6-17/h4,7-12,17H,1-3,5-6,13-16H2. The number of hydrogen-bond donors (Lipinski definition) is 0. The number of amides is 1. The molecule has 0 bridgehead atoms. The van der Waals surface area contributed by atoms with Gasteiger partial charge in [-0.3, -0.25) is 4.79 Å². The zero-order valence-electron chi connectivity index (χ0n) is 16.9. The van der Waals surface area contributed by atoms with Gasteiger partial charge in [-0.05, 0) is 61.1 Å². The molecule has 1 saturated carbocycles. The lowest BCUT2D eigenvalue weighted by Gasteiger charge is -2.31.